The fraction of sp³-hybridized carbons (Fsp3) is 0.357. The number of furan rings is 1. The monoisotopic (exact) mass is 305 g/mol. The third-order valence-corrected chi connectivity index (χ3v) is 3.87. The van der Waals surface area contributed by atoms with E-state index in [0.717, 1.165) is 12.8 Å². The van der Waals surface area contributed by atoms with Crippen LogP contribution in [0.1, 0.15) is 25.5 Å². The van der Waals surface area contributed by atoms with Gasteiger partial charge < -0.3 is 15.1 Å². The summed E-state index contributed by atoms with van der Waals surface area (Å²) in [5.41, 5.74) is 0.681. The predicted octanol–water partition coefficient (Wildman–Crippen LogP) is 2.39. The summed E-state index contributed by atoms with van der Waals surface area (Å²) in [5.74, 6) is 1.38. The zero-order valence-corrected chi connectivity index (χ0v) is 12.3. The van der Waals surface area contributed by atoms with Gasteiger partial charge in [-0.15, -0.1) is 11.3 Å². The summed E-state index contributed by atoms with van der Waals surface area (Å²) in [6, 6.07) is 3.60. The number of nitrogens with one attached hydrogen (secondary N) is 2. The van der Waals surface area contributed by atoms with Gasteiger partial charge in [-0.2, -0.15) is 0 Å². The smallest absolute Gasteiger partial charge is 0.229 e. The molecule has 1 fully saturated rings. The molecule has 0 radical (unpaired) electrons. The van der Waals surface area contributed by atoms with Gasteiger partial charge in [-0.25, -0.2) is 4.98 Å². The van der Waals surface area contributed by atoms with Gasteiger partial charge in [0.2, 0.25) is 11.8 Å². The van der Waals surface area contributed by atoms with E-state index >= 15 is 0 Å². The van der Waals surface area contributed by atoms with Crippen molar-refractivity contribution in [1.82, 2.24) is 10.3 Å². The lowest BCUT2D eigenvalue weighted by atomic mass is 10.3. The molecule has 1 aliphatic rings. The van der Waals surface area contributed by atoms with E-state index < -0.39 is 0 Å². The van der Waals surface area contributed by atoms with Crippen LogP contribution in [0.2, 0.25) is 0 Å². The molecule has 2 amide bonds. The molecule has 0 saturated heterocycles. The van der Waals surface area contributed by atoms with E-state index in [-0.39, 0.29) is 17.7 Å². The van der Waals surface area contributed by atoms with Crippen LogP contribution in [-0.2, 0) is 16.1 Å². The van der Waals surface area contributed by atoms with Crippen molar-refractivity contribution in [1.29, 1.82) is 0 Å². The van der Waals surface area contributed by atoms with Crippen molar-refractivity contribution in [3.05, 3.63) is 23.3 Å². The molecule has 110 valence electrons. The van der Waals surface area contributed by atoms with Crippen LogP contribution in [0.5, 0.6) is 0 Å². The summed E-state index contributed by atoms with van der Waals surface area (Å²) in [4.78, 5) is 26.9. The average Bonchev–Trinajstić information content (AvgIpc) is 3.02. The quantitative estimate of drug-likeness (QED) is 0.888. The Morgan fingerprint density at radius 1 is 1.43 bits per heavy atom. The first-order valence-electron chi connectivity index (χ1n) is 6.72. The van der Waals surface area contributed by atoms with Crippen molar-refractivity contribution in [2.45, 2.75) is 26.3 Å². The highest BCUT2D eigenvalue weighted by Crippen LogP contribution is 2.32. The Kier molecular flexibility index (Phi) is 3.74. The second-order valence-corrected chi connectivity index (χ2v) is 5.84. The number of aromatic nitrogens is 1. The molecule has 2 heterocycles. The first kappa shape index (κ1) is 13.8. The van der Waals surface area contributed by atoms with Gasteiger partial charge in [-0.1, -0.05) is 0 Å². The molecule has 1 saturated carbocycles. The maximum absolute atomic E-state index is 11.7. The molecular weight excluding hydrogens is 290 g/mol. The van der Waals surface area contributed by atoms with E-state index in [2.05, 4.69) is 15.6 Å². The average molecular weight is 305 g/mol. The number of hydrogen-bond donors (Lipinski definition) is 2. The number of carbonyl (C=O) groups excluding carboxylic acids is 2. The molecule has 3 rings (SSSR count). The summed E-state index contributed by atoms with van der Waals surface area (Å²) in [5, 5.41) is 7.90. The van der Waals surface area contributed by atoms with Crippen LogP contribution in [0.15, 0.2) is 21.9 Å². The van der Waals surface area contributed by atoms with E-state index in [1.165, 1.54) is 18.3 Å². The second kappa shape index (κ2) is 5.69. The molecule has 0 spiro atoms. The third-order valence-electron chi connectivity index (χ3n) is 3.11. The first-order valence-corrected chi connectivity index (χ1v) is 7.59. The van der Waals surface area contributed by atoms with E-state index in [0.29, 0.717) is 28.9 Å². The van der Waals surface area contributed by atoms with Crippen molar-refractivity contribution < 1.29 is 14.0 Å². The molecule has 6 nitrogen and oxygen atoms in total. The molecule has 0 aromatic carbocycles. The van der Waals surface area contributed by atoms with Gasteiger partial charge in [-0.3, -0.25) is 9.59 Å². The standard InChI is InChI=1S/C14H15N3O3S/c1-8(18)15-6-10-4-5-12(20-10)11-7-21-14(16-11)17-13(19)9-2-3-9/h4-5,7,9H,2-3,6H2,1H3,(H,15,18)(H,16,17,19). The number of anilines is 1. The van der Waals surface area contributed by atoms with Crippen LogP contribution in [0.4, 0.5) is 5.13 Å². The number of rotatable bonds is 5. The lowest BCUT2D eigenvalue weighted by Gasteiger charge is -1.98. The summed E-state index contributed by atoms with van der Waals surface area (Å²) in [6.07, 6.45) is 1.93. The lowest BCUT2D eigenvalue weighted by Crippen LogP contribution is -2.18. The van der Waals surface area contributed by atoms with Gasteiger partial charge >= 0.3 is 0 Å². The van der Waals surface area contributed by atoms with Gasteiger partial charge in [0.15, 0.2) is 10.9 Å². The van der Waals surface area contributed by atoms with Crippen molar-refractivity contribution >= 4 is 28.3 Å². The Bertz CT molecular complexity index is 673. The molecule has 7 heteroatoms. The molecule has 2 aromatic heterocycles. The predicted molar refractivity (Wildman–Crippen MR) is 78.7 cm³/mol. The van der Waals surface area contributed by atoms with Gasteiger partial charge in [0.05, 0.1) is 6.54 Å². The number of hydrogen-bond acceptors (Lipinski definition) is 5. The molecule has 1 aliphatic carbocycles. The summed E-state index contributed by atoms with van der Waals surface area (Å²) >= 11 is 1.37. The SMILES string of the molecule is CC(=O)NCc1ccc(-c2csc(NC(=O)C3CC3)n2)o1. The highest BCUT2D eigenvalue weighted by atomic mass is 32.1. The number of nitrogens with zero attached hydrogens (tertiary/aromatic N) is 1. The fourth-order valence-electron chi connectivity index (χ4n) is 1.82. The van der Waals surface area contributed by atoms with E-state index in [1.807, 2.05) is 5.38 Å². The number of amides is 2. The molecule has 2 N–H and O–H groups in total. The van der Waals surface area contributed by atoms with Gasteiger partial charge in [0.25, 0.3) is 0 Å². The van der Waals surface area contributed by atoms with Crippen LogP contribution in [0, 0.1) is 5.92 Å². The lowest BCUT2D eigenvalue weighted by molar-refractivity contribution is -0.119. The first-order chi connectivity index (χ1) is 10.1. The molecular formula is C14H15N3O3S. The molecule has 0 unspecified atom stereocenters. The van der Waals surface area contributed by atoms with Crippen LogP contribution in [0.25, 0.3) is 11.5 Å². The zero-order valence-electron chi connectivity index (χ0n) is 11.5. The van der Waals surface area contributed by atoms with Crippen molar-refractivity contribution in [2.75, 3.05) is 5.32 Å². The highest BCUT2D eigenvalue weighted by Gasteiger charge is 2.30. The molecule has 0 aliphatic heterocycles. The summed E-state index contributed by atoms with van der Waals surface area (Å²) in [6.45, 7) is 1.81. The van der Waals surface area contributed by atoms with Crippen molar-refractivity contribution in [3.63, 3.8) is 0 Å². The Balaban J connectivity index is 1.65. The minimum Gasteiger partial charge on any atom is -0.458 e. The van der Waals surface area contributed by atoms with E-state index in [1.54, 1.807) is 12.1 Å². The number of thiazole rings is 1. The topological polar surface area (TPSA) is 84.2 Å². The zero-order chi connectivity index (χ0) is 14.8. The molecule has 0 atom stereocenters. The minimum absolute atomic E-state index is 0.0432. The maximum atomic E-state index is 11.7. The number of carbonyl (C=O) groups is 2. The Morgan fingerprint density at radius 3 is 2.95 bits per heavy atom. The Morgan fingerprint density at radius 2 is 2.24 bits per heavy atom. The minimum atomic E-state index is -0.105. The van der Waals surface area contributed by atoms with Crippen LogP contribution in [0.3, 0.4) is 0 Å². The van der Waals surface area contributed by atoms with E-state index in [9.17, 15) is 9.59 Å². The van der Waals surface area contributed by atoms with Gasteiger partial charge in [-0.05, 0) is 25.0 Å². The second-order valence-electron chi connectivity index (χ2n) is 4.98. The summed E-state index contributed by atoms with van der Waals surface area (Å²) < 4.78 is 5.61. The fourth-order valence-corrected chi connectivity index (χ4v) is 2.52. The largest absolute Gasteiger partial charge is 0.458 e. The van der Waals surface area contributed by atoms with Gasteiger partial charge in [0, 0.05) is 18.2 Å². The van der Waals surface area contributed by atoms with Gasteiger partial charge in [0.1, 0.15) is 11.5 Å². The maximum Gasteiger partial charge on any atom is 0.229 e. The van der Waals surface area contributed by atoms with E-state index in [4.69, 9.17) is 4.42 Å². The third kappa shape index (κ3) is 3.49. The molecule has 2 aromatic rings. The van der Waals surface area contributed by atoms with Crippen LogP contribution in [-0.4, -0.2) is 16.8 Å². The Labute approximate surface area is 125 Å². The van der Waals surface area contributed by atoms with Crippen molar-refractivity contribution in [3.8, 4) is 11.5 Å². The summed E-state index contributed by atoms with van der Waals surface area (Å²) in [7, 11) is 0. The Hall–Kier alpha value is -2.15. The highest BCUT2D eigenvalue weighted by molar-refractivity contribution is 7.14. The molecule has 21 heavy (non-hydrogen) atoms. The van der Waals surface area contributed by atoms with Crippen LogP contribution < -0.4 is 10.6 Å². The van der Waals surface area contributed by atoms with Crippen molar-refractivity contribution in [2.24, 2.45) is 5.92 Å². The molecule has 0 bridgehead atoms. The van der Waals surface area contributed by atoms with Crippen LogP contribution >= 0.6 is 11.3 Å². The normalized spacial score (nSPS) is 14.0.